The molecule has 2 heterocycles. The molecule has 1 aromatic carbocycles. The highest BCUT2D eigenvalue weighted by molar-refractivity contribution is 5.99. The van der Waals surface area contributed by atoms with Crippen LogP contribution < -0.4 is 4.74 Å². The van der Waals surface area contributed by atoms with Gasteiger partial charge in [-0.1, -0.05) is 30.3 Å². The standard InChI is InChI=1S/C23H25F2N5O2/c1-5-30(15(2)14-32-20-13-27-19(12-28-20)23(4,24)25)22(31)18-11-26-16(3)29-21(18)17-9-7-6-8-10-17/h6-13,15H,5,14H2,1-4H3/t15-/m0/s1. The molecule has 168 valence electrons. The number of hydrogen-bond acceptors (Lipinski definition) is 6. The monoisotopic (exact) mass is 441 g/mol. The molecule has 0 aliphatic heterocycles. The molecule has 0 unspecified atom stereocenters. The van der Waals surface area contributed by atoms with E-state index in [1.165, 1.54) is 0 Å². The molecule has 0 spiro atoms. The molecule has 1 atom stereocenters. The van der Waals surface area contributed by atoms with Crippen LogP contribution in [0.5, 0.6) is 5.88 Å². The molecule has 3 rings (SSSR count). The number of ether oxygens (including phenoxy) is 1. The van der Waals surface area contributed by atoms with Gasteiger partial charge in [-0.15, -0.1) is 0 Å². The molecule has 0 N–H and O–H groups in total. The fourth-order valence-corrected chi connectivity index (χ4v) is 3.17. The Kier molecular flexibility index (Phi) is 7.07. The number of alkyl halides is 2. The molecule has 0 saturated carbocycles. The molecule has 0 bridgehead atoms. The van der Waals surface area contributed by atoms with Crippen molar-refractivity contribution in [1.29, 1.82) is 0 Å². The van der Waals surface area contributed by atoms with Gasteiger partial charge in [-0.3, -0.25) is 4.79 Å². The number of aromatic nitrogens is 4. The third kappa shape index (κ3) is 5.40. The van der Waals surface area contributed by atoms with Gasteiger partial charge in [0.05, 0.1) is 29.7 Å². The first-order valence-electron chi connectivity index (χ1n) is 10.2. The first-order chi connectivity index (χ1) is 15.2. The van der Waals surface area contributed by atoms with Gasteiger partial charge in [-0.2, -0.15) is 8.78 Å². The summed E-state index contributed by atoms with van der Waals surface area (Å²) in [4.78, 5) is 31.3. The van der Waals surface area contributed by atoms with Crippen molar-refractivity contribution in [2.45, 2.75) is 39.7 Å². The number of benzene rings is 1. The van der Waals surface area contributed by atoms with Crippen LogP contribution in [0.3, 0.4) is 0 Å². The summed E-state index contributed by atoms with van der Waals surface area (Å²) in [5.41, 5.74) is 1.35. The van der Waals surface area contributed by atoms with Gasteiger partial charge in [0.2, 0.25) is 5.88 Å². The lowest BCUT2D eigenvalue weighted by atomic mass is 10.1. The molecule has 0 aliphatic rings. The summed E-state index contributed by atoms with van der Waals surface area (Å²) in [6.07, 6.45) is 3.68. The predicted molar refractivity (Wildman–Crippen MR) is 115 cm³/mol. The third-order valence-corrected chi connectivity index (χ3v) is 4.87. The molecule has 7 nitrogen and oxygen atoms in total. The van der Waals surface area contributed by atoms with Gasteiger partial charge in [-0.05, 0) is 20.8 Å². The van der Waals surface area contributed by atoms with Crippen molar-refractivity contribution in [1.82, 2.24) is 24.8 Å². The van der Waals surface area contributed by atoms with Crippen LogP contribution in [0.25, 0.3) is 11.3 Å². The lowest BCUT2D eigenvalue weighted by molar-refractivity contribution is 0.0121. The predicted octanol–water partition coefficient (Wildman–Crippen LogP) is 4.28. The van der Waals surface area contributed by atoms with Crippen LogP contribution in [-0.2, 0) is 5.92 Å². The molecule has 0 aliphatic carbocycles. The van der Waals surface area contributed by atoms with Crippen LogP contribution in [0.1, 0.15) is 42.6 Å². The van der Waals surface area contributed by atoms with E-state index in [1.807, 2.05) is 44.2 Å². The molecular weight excluding hydrogens is 416 g/mol. The number of rotatable bonds is 8. The van der Waals surface area contributed by atoms with E-state index < -0.39 is 11.6 Å². The Morgan fingerprint density at radius 1 is 1.12 bits per heavy atom. The maximum absolute atomic E-state index is 13.4. The zero-order valence-corrected chi connectivity index (χ0v) is 18.4. The van der Waals surface area contributed by atoms with E-state index >= 15 is 0 Å². The summed E-state index contributed by atoms with van der Waals surface area (Å²) in [5, 5.41) is 0. The fourth-order valence-electron chi connectivity index (χ4n) is 3.17. The Bertz CT molecular complexity index is 1060. The summed E-state index contributed by atoms with van der Waals surface area (Å²) in [6.45, 7) is 6.77. The molecule has 0 saturated heterocycles. The molecule has 32 heavy (non-hydrogen) atoms. The molecular formula is C23H25F2N5O2. The van der Waals surface area contributed by atoms with Crippen molar-refractivity contribution in [2.75, 3.05) is 13.2 Å². The third-order valence-electron chi connectivity index (χ3n) is 4.87. The van der Waals surface area contributed by atoms with Crippen LogP contribution >= 0.6 is 0 Å². The average Bonchev–Trinajstić information content (AvgIpc) is 2.78. The molecule has 2 aromatic heterocycles. The van der Waals surface area contributed by atoms with Crippen molar-refractivity contribution in [3.63, 3.8) is 0 Å². The first-order valence-corrected chi connectivity index (χ1v) is 10.2. The highest BCUT2D eigenvalue weighted by Crippen LogP contribution is 2.25. The number of halogens is 2. The highest BCUT2D eigenvalue weighted by Gasteiger charge is 2.27. The number of nitrogens with zero attached hydrogens (tertiary/aromatic N) is 5. The van der Waals surface area contributed by atoms with Gasteiger partial charge in [0.15, 0.2) is 0 Å². The number of hydrogen-bond donors (Lipinski definition) is 0. The Labute approximate surface area is 185 Å². The Morgan fingerprint density at radius 3 is 2.44 bits per heavy atom. The number of carbonyl (C=O) groups is 1. The molecule has 9 heteroatoms. The molecule has 0 fully saturated rings. The van der Waals surface area contributed by atoms with E-state index in [1.54, 1.807) is 18.0 Å². The second kappa shape index (κ2) is 9.76. The highest BCUT2D eigenvalue weighted by atomic mass is 19.3. The number of carbonyl (C=O) groups excluding carboxylic acids is 1. The van der Waals surface area contributed by atoms with Crippen LogP contribution in [0, 0.1) is 6.92 Å². The lowest BCUT2D eigenvalue weighted by Gasteiger charge is -2.28. The summed E-state index contributed by atoms with van der Waals surface area (Å²) in [6, 6.07) is 9.12. The van der Waals surface area contributed by atoms with Gasteiger partial charge in [0.1, 0.15) is 18.1 Å². The van der Waals surface area contributed by atoms with E-state index in [-0.39, 0.29) is 24.4 Å². The van der Waals surface area contributed by atoms with Gasteiger partial charge in [0, 0.05) is 25.2 Å². The van der Waals surface area contributed by atoms with Crippen molar-refractivity contribution in [3.8, 4) is 17.1 Å². The van der Waals surface area contributed by atoms with Crippen LogP contribution in [-0.4, -0.2) is 49.9 Å². The maximum atomic E-state index is 13.4. The summed E-state index contributed by atoms with van der Waals surface area (Å²) in [7, 11) is 0. The SMILES string of the molecule is CCN(C(=O)c1cnc(C)nc1-c1ccccc1)[C@@H](C)COc1cnc(C(C)(F)F)cn1. The minimum atomic E-state index is -3.07. The molecule has 1 amide bonds. The second-order valence-corrected chi connectivity index (χ2v) is 7.42. The zero-order valence-electron chi connectivity index (χ0n) is 18.4. The smallest absolute Gasteiger partial charge is 0.288 e. The van der Waals surface area contributed by atoms with Crippen LogP contribution in [0.4, 0.5) is 8.78 Å². The number of amides is 1. The second-order valence-electron chi connectivity index (χ2n) is 7.42. The van der Waals surface area contributed by atoms with Crippen LogP contribution in [0.15, 0.2) is 48.9 Å². The Morgan fingerprint density at radius 2 is 1.84 bits per heavy atom. The van der Waals surface area contributed by atoms with Crippen molar-refractivity contribution < 1.29 is 18.3 Å². The van der Waals surface area contributed by atoms with Crippen molar-refractivity contribution >= 4 is 5.91 Å². The Hall–Kier alpha value is -3.49. The van der Waals surface area contributed by atoms with E-state index in [0.717, 1.165) is 24.9 Å². The first kappa shape index (κ1) is 23.2. The Balaban J connectivity index is 1.76. The topological polar surface area (TPSA) is 81.1 Å². The number of aryl methyl sites for hydroxylation is 1. The van der Waals surface area contributed by atoms with Gasteiger partial charge in [0.25, 0.3) is 11.8 Å². The maximum Gasteiger partial charge on any atom is 0.288 e. The van der Waals surface area contributed by atoms with Crippen molar-refractivity contribution in [2.24, 2.45) is 0 Å². The van der Waals surface area contributed by atoms with E-state index in [4.69, 9.17) is 4.74 Å². The summed E-state index contributed by atoms with van der Waals surface area (Å²) in [5.74, 6) is -2.62. The van der Waals surface area contributed by atoms with E-state index in [0.29, 0.717) is 23.6 Å². The lowest BCUT2D eigenvalue weighted by Crippen LogP contribution is -2.42. The normalized spacial score (nSPS) is 12.3. The van der Waals surface area contributed by atoms with Gasteiger partial charge < -0.3 is 9.64 Å². The summed E-state index contributed by atoms with van der Waals surface area (Å²) >= 11 is 0. The van der Waals surface area contributed by atoms with Gasteiger partial charge >= 0.3 is 0 Å². The fraction of sp³-hybridized carbons (Fsp3) is 0.348. The minimum Gasteiger partial charge on any atom is -0.474 e. The largest absolute Gasteiger partial charge is 0.474 e. The number of likely N-dealkylation sites (N-methyl/N-ethyl adjacent to an activating group) is 1. The van der Waals surface area contributed by atoms with Crippen molar-refractivity contribution in [3.05, 3.63) is 66.0 Å². The quantitative estimate of drug-likeness (QED) is 0.519. The van der Waals surface area contributed by atoms with E-state index in [2.05, 4.69) is 19.9 Å². The van der Waals surface area contributed by atoms with Crippen LogP contribution in [0.2, 0.25) is 0 Å². The van der Waals surface area contributed by atoms with Gasteiger partial charge in [-0.25, -0.2) is 19.9 Å². The zero-order chi connectivity index (χ0) is 23.3. The molecule has 0 radical (unpaired) electrons. The summed E-state index contributed by atoms with van der Waals surface area (Å²) < 4.78 is 32.2. The minimum absolute atomic E-state index is 0.108. The van der Waals surface area contributed by atoms with E-state index in [9.17, 15) is 13.6 Å². The molecule has 3 aromatic rings. The average molecular weight is 441 g/mol.